The SMILES string of the molecule is O=C(CC1CCC[C@@H]1CC(=O)c1ccccc1)c1ccccc1. The average molecular weight is 306 g/mol. The molecule has 0 aromatic heterocycles. The van der Waals surface area contributed by atoms with Crippen molar-refractivity contribution in [1.82, 2.24) is 0 Å². The summed E-state index contributed by atoms with van der Waals surface area (Å²) in [5.41, 5.74) is 1.57. The number of hydrogen-bond acceptors (Lipinski definition) is 2. The Bertz CT molecular complexity index is 601. The molecule has 2 aromatic rings. The fourth-order valence-electron chi connectivity index (χ4n) is 3.61. The first-order valence-corrected chi connectivity index (χ1v) is 8.40. The molecule has 2 nitrogen and oxygen atoms in total. The van der Waals surface area contributed by atoms with Gasteiger partial charge in [0, 0.05) is 24.0 Å². The molecular formula is C21H22O2. The van der Waals surface area contributed by atoms with E-state index in [2.05, 4.69) is 0 Å². The Morgan fingerprint density at radius 3 is 1.48 bits per heavy atom. The van der Waals surface area contributed by atoms with Crippen LogP contribution in [0.3, 0.4) is 0 Å². The highest BCUT2D eigenvalue weighted by Crippen LogP contribution is 2.37. The second kappa shape index (κ2) is 7.36. The zero-order chi connectivity index (χ0) is 16.1. The average Bonchev–Trinajstić information content (AvgIpc) is 3.03. The standard InChI is InChI=1S/C21H22O2/c22-20(16-8-3-1-4-9-16)14-18-12-7-13-19(18)15-21(23)17-10-5-2-6-11-17/h1-6,8-11,18-19H,7,12-15H2/t18-,19?/m1/s1. The van der Waals surface area contributed by atoms with E-state index in [-0.39, 0.29) is 11.6 Å². The molecule has 0 bridgehead atoms. The molecule has 1 aliphatic carbocycles. The molecule has 0 spiro atoms. The minimum atomic E-state index is 0.203. The van der Waals surface area contributed by atoms with Crippen molar-refractivity contribution in [2.75, 3.05) is 0 Å². The maximum absolute atomic E-state index is 12.4. The van der Waals surface area contributed by atoms with Crippen molar-refractivity contribution in [2.24, 2.45) is 11.8 Å². The minimum absolute atomic E-state index is 0.203. The van der Waals surface area contributed by atoms with Gasteiger partial charge in [0.2, 0.25) is 0 Å². The van der Waals surface area contributed by atoms with Crippen LogP contribution in [0, 0.1) is 11.8 Å². The molecular weight excluding hydrogens is 284 g/mol. The molecule has 1 fully saturated rings. The topological polar surface area (TPSA) is 34.1 Å². The molecule has 0 aliphatic heterocycles. The summed E-state index contributed by atoms with van der Waals surface area (Å²) in [6.45, 7) is 0. The Morgan fingerprint density at radius 2 is 1.09 bits per heavy atom. The number of carbonyl (C=O) groups is 2. The Morgan fingerprint density at radius 1 is 0.696 bits per heavy atom. The maximum Gasteiger partial charge on any atom is 0.163 e. The van der Waals surface area contributed by atoms with Gasteiger partial charge in [-0.3, -0.25) is 9.59 Å². The van der Waals surface area contributed by atoms with Crippen molar-refractivity contribution in [1.29, 1.82) is 0 Å². The van der Waals surface area contributed by atoms with E-state index in [0.29, 0.717) is 24.7 Å². The van der Waals surface area contributed by atoms with Crippen molar-refractivity contribution < 1.29 is 9.59 Å². The van der Waals surface area contributed by atoms with Gasteiger partial charge >= 0.3 is 0 Å². The van der Waals surface area contributed by atoms with Crippen LogP contribution in [0.1, 0.15) is 52.8 Å². The third-order valence-electron chi connectivity index (χ3n) is 4.90. The van der Waals surface area contributed by atoms with Crippen molar-refractivity contribution in [3.8, 4) is 0 Å². The van der Waals surface area contributed by atoms with Crippen LogP contribution >= 0.6 is 0 Å². The third-order valence-corrected chi connectivity index (χ3v) is 4.90. The van der Waals surface area contributed by atoms with Crippen LogP contribution in [0.5, 0.6) is 0 Å². The molecule has 118 valence electrons. The van der Waals surface area contributed by atoms with Crippen LogP contribution < -0.4 is 0 Å². The predicted molar refractivity (Wildman–Crippen MR) is 91.6 cm³/mol. The van der Waals surface area contributed by atoms with Crippen LogP contribution in [0.15, 0.2) is 60.7 Å². The summed E-state index contributed by atoms with van der Waals surface area (Å²) in [4.78, 5) is 24.8. The van der Waals surface area contributed by atoms with Crippen LogP contribution in [-0.2, 0) is 0 Å². The number of ketones is 2. The summed E-state index contributed by atoms with van der Waals surface area (Å²) in [6, 6.07) is 19.0. The van der Waals surface area contributed by atoms with E-state index in [1.165, 1.54) is 0 Å². The molecule has 2 heteroatoms. The van der Waals surface area contributed by atoms with Gasteiger partial charge in [0.05, 0.1) is 0 Å². The van der Waals surface area contributed by atoms with Crippen molar-refractivity contribution in [2.45, 2.75) is 32.1 Å². The lowest BCUT2D eigenvalue weighted by Crippen LogP contribution is -2.17. The smallest absolute Gasteiger partial charge is 0.163 e. The second-order valence-corrected chi connectivity index (χ2v) is 6.44. The molecule has 2 aromatic carbocycles. The highest BCUT2D eigenvalue weighted by Gasteiger charge is 2.31. The van der Waals surface area contributed by atoms with Crippen LogP contribution in [0.2, 0.25) is 0 Å². The molecule has 2 atom stereocenters. The van der Waals surface area contributed by atoms with E-state index < -0.39 is 0 Å². The van der Waals surface area contributed by atoms with Crippen LogP contribution in [0.4, 0.5) is 0 Å². The fourth-order valence-corrected chi connectivity index (χ4v) is 3.61. The summed E-state index contributed by atoms with van der Waals surface area (Å²) in [5, 5.41) is 0. The van der Waals surface area contributed by atoms with Crippen molar-refractivity contribution in [3.63, 3.8) is 0 Å². The lowest BCUT2D eigenvalue weighted by atomic mass is 9.85. The summed E-state index contributed by atoms with van der Waals surface area (Å²) >= 11 is 0. The summed E-state index contributed by atoms with van der Waals surface area (Å²) in [7, 11) is 0. The van der Waals surface area contributed by atoms with E-state index >= 15 is 0 Å². The number of Topliss-reactive ketones (excluding diaryl/α,β-unsaturated/α-hetero) is 2. The predicted octanol–water partition coefficient (Wildman–Crippen LogP) is 4.95. The first kappa shape index (κ1) is 15.7. The van der Waals surface area contributed by atoms with Gasteiger partial charge in [-0.2, -0.15) is 0 Å². The molecule has 0 N–H and O–H groups in total. The Hall–Kier alpha value is -2.22. The van der Waals surface area contributed by atoms with Gasteiger partial charge in [-0.05, 0) is 24.7 Å². The van der Waals surface area contributed by atoms with Crippen molar-refractivity contribution >= 4 is 11.6 Å². The summed E-state index contributed by atoms with van der Waals surface area (Å²) < 4.78 is 0. The Kier molecular flexibility index (Phi) is 5.02. The minimum Gasteiger partial charge on any atom is -0.294 e. The summed E-state index contributed by atoms with van der Waals surface area (Å²) in [6.07, 6.45) is 4.38. The quantitative estimate of drug-likeness (QED) is 0.708. The van der Waals surface area contributed by atoms with Crippen molar-refractivity contribution in [3.05, 3.63) is 71.8 Å². The van der Waals surface area contributed by atoms with Crippen LogP contribution in [0.25, 0.3) is 0 Å². The first-order chi connectivity index (χ1) is 11.2. The number of rotatable bonds is 6. The Balaban J connectivity index is 1.62. The molecule has 1 unspecified atom stereocenters. The maximum atomic E-state index is 12.4. The van der Waals surface area contributed by atoms with E-state index in [4.69, 9.17) is 0 Å². The molecule has 0 amide bonds. The molecule has 0 heterocycles. The zero-order valence-corrected chi connectivity index (χ0v) is 13.3. The molecule has 23 heavy (non-hydrogen) atoms. The van der Waals surface area contributed by atoms with Gasteiger partial charge in [-0.15, -0.1) is 0 Å². The molecule has 1 aliphatic rings. The Labute approximate surface area is 137 Å². The van der Waals surface area contributed by atoms with E-state index in [0.717, 1.165) is 30.4 Å². The van der Waals surface area contributed by atoms with Gasteiger partial charge in [-0.1, -0.05) is 67.1 Å². The normalized spacial score (nSPS) is 20.3. The largest absolute Gasteiger partial charge is 0.294 e. The molecule has 1 saturated carbocycles. The highest BCUT2D eigenvalue weighted by molar-refractivity contribution is 5.97. The van der Waals surface area contributed by atoms with E-state index in [1.54, 1.807) is 0 Å². The van der Waals surface area contributed by atoms with Gasteiger partial charge in [-0.25, -0.2) is 0 Å². The number of benzene rings is 2. The van der Waals surface area contributed by atoms with Crippen LogP contribution in [-0.4, -0.2) is 11.6 Å². The number of carbonyl (C=O) groups excluding carboxylic acids is 2. The fraction of sp³-hybridized carbons (Fsp3) is 0.333. The van der Waals surface area contributed by atoms with Gasteiger partial charge < -0.3 is 0 Å². The van der Waals surface area contributed by atoms with Gasteiger partial charge in [0.15, 0.2) is 11.6 Å². The zero-order valence-electron chi connectivity index (χ0n) is 13.3. The first-order valence-electron chi connectivity index (χ1n) is 8.40. The van der Waals surface area contributed by atoms with E-state index in [1.807, 2.05) is 60.7 Å². The van der Waals surface area contributed by atoms with E-state index in [9.17, 15) is 9.59 Å². The third kappa shape index (κ3) is 3.95. The molecule has 0 radical (unpaired) electrons. The summed E-state index contributed by atoms with van der Waals surface area (Å²) in [5.74, 6) is 1.09. The second-order valence-electron chi connectivity index (χ2n) is 6.44. The molecule has 0 saturated heterocycles. The lowest BCUT2D eigenvalue weighted by molar-refractivity contribution is 0.0905. The number of hydrogen-bond donors (Lipinski definition) is 0. The van der Waals surface area contributed by atoms with Gasteiger partial charge in [0.1, 0.15) is 0 Å². The van der Waals surface area contributed by atoms with Gasteiger partial charge in [0.25, 0.3) is 0 Å². The monoisotopic (exact) mass is 306 g/mol. The lowest BCUT2D eigenvalue weighted by Gasteiger charge is -2.18. The molecule has 3 rings (SSSR count). The highest BCUT2D eigenvalue weighted by atomic mass is 16.1.